The fourth-order valence-corrected chi connectivity index (χ4v) is 2.97. The highest BCUT2D eigenvalue weighted by atomic mass is 79.9. The molecule has 0 aliphatic carbocycles. The minimum atomic E-state index is -0.255. The molecule has 0 heterocycles. The van der Waals surface area contributed by atoms with Crippen molar-refractivity contribution in [1.29, 1.82) is 0 Å². The van der Waals surface area contributed by atoms with Crippen LogP contribution in [0.5, 0.6) is 11.5 Å². The average molecular weight is 450 g/mol. The molecule has 0 saturated carbocycles. The highest BCUT2D eigenvalue weighted by Crippen LogP contribution is 2.35. The summed E-state index contributed by atoms with van der Waals surface area (Å²) in [5.41, 5.74) is 2.01. The van der Waals surface area contributed by atoms with Gasteiger partial charge in [-0.15, -0.1) is 0 Å². The molecule has 2 aromatic rings. The van der Waals surface area contributed by atoms with Gasteiger partial charge in [0, 0.05) is 23.8 Å². The number of carbonyl (C=O) groups is 2. The van der Waals surface area contributed by atoms with Crippen LogP contribution in [0.1, 0.15) is 29.8 Å². The molecule has 0 aliphatic rings. The molecule has 0 aromatic heterocycles. The number of amides is 3. The Bertz CT molecular complexity index is 813. The highest BCUT2D eigenvalue weighted by molar-refractivity contribution is 9.10. The van der Waals surface area contributed by atoms with E-state index in [4.69, 9.17) is 9.47 Å². The van der Waals surface area contributed by atoms with Gasteiger partial charge in [-0.05, 0) is 59.6 Å². The lowest BCUT2D eigenvalue weighted by molar-refractivity contribution is 0.0950. The van der Waals surface area contributed by atoms with Gasteiger partial charge in [0.1, 0.15) is 16.0 Å². The van der Waals surface area contributed by atoms with Crippen molar-refractivity contribution < 1.29 is 19.1 Å². The summed E-state index contributed by atoms with van der Waals surface area (Å²) in [4.78, 5) is 24.2. The second-order valence-electron chi connectivity index (χ2n) is 6.33. The minimum Gasteiger partial charge on any atom is -0.495 e. The Morgan fingerprint density at radius 1 is 1.04 bits per heavy atom. The van der Waals surface area contributed by atoms with Gasteiger partial charge in [-0.2, -0.15) is 0 Å². The number of methoxy groups -OCH3 is 2. The Morgan fingerprint density at radius 2 is 1.61 bits per heavy atom. The van der Waals surface area contributed by atoms with E-state index in [0.717, 1.165) is 5.56 Å². The molecule has 3 N–H and O–H groups in total. The molecule has 3 amide bonds. The predicted octanol–water partition coefficient (Wildman–Crippen LogP) is 3.93. The van der Waals surface area contributed by atoms with E-state index in [2.05, 4.69) is 31.9 Å². The van der Waals surface area contributed by atoms with Gasteiger partial charge in [0.25, 0.3) is 5.91 Å². The summed E-state index contributed by atoms with van der Waals surface area (Å²) in [6.07, 6.45) is 0. The fourth-order valence-electron chi connectivity index (χ4n) is 2.42. The van der Waals surface area contributed by atoms with Gasteiger partial charge >= 0.3 is 6.03 Å². The minimum absolute atomic E-state index is 0.0605. The number of hydrogen-bond acceptors (Lipinski definition) is 4. The Hall–Kier alpha value is -2.74. The van der Waals surface area contributed by atoms with Crippen LogP contribution in [0.2, 0.25) is 0 Å². The molecular formula is C20H24BrN3O4. The van der Waals surface area contributed by atoms with Crippen molar-refractivity contribution >= 4 is 33.6 Å². The number of benzene rings is 2. The molecule has 7 nitrogen and oxygen atoms in total. The number of anilines is 1. The molecule has 0 aliphatic heterocycles. The second-order valence-corrected chi connectivity index (χ2v) is 7.12. The van der Waals surface area contributed by atoms with Crippen LogP contribution in [0.15, 0.2) is 40.9 Å². The standard InChI is InChI=1S/C20H24BrN3O4/c1-12(2)23-20(26)24-15-7-5-13(6-8-15)11-22-19(25)14-9-16(27-3)18(21)17(10-14)28-4/h5-10,12H,11H2,1-4H3,(H,22,25)(H2,23,24,26). The fraction of sp³-hybridized carbons (Fsp3) is 0.300. The van der Waals surface area contributed by atoms with Gasteiger partial charge in [-0.1, -0.05) is 12.1 Å². The van der Waals surface area contributed by atoms with Crippen molar-refractivity contribution in [2.45, 2.75) is 26.4 Å². The van der Waals surface area contributed by atoms with E-state index >= 15 is 0 Å². The van der Waals surface area contributed by atoms with Gasteiger partial charge in [0.15, 0.2) is 0 Å². The van der Waals surface area contributed by atoms with Crippen LogP contribution in [-0.2, 0) is 6.54 Å². The van der Waals surface area contributed by atoms with Gasteiger partial charge in [0.2, 0.25) is 0 Å². The third-order valence-electron chi connectivity index (χ3n) is 3.79. The van der Waals surface area contributed by atoms with Crippen molar-refractivity contribution in [2.24, 2.45) is 0 Å². The predicted molar refractivity (Wildman–Crippen MR) is 112 cm³/mol. The summed E-state index contributed by atoms with van der Waals surface area (Å²) in [5, 5.41) is 8.37. The largest absolute Gasteiger partial charge is 0.495 e. The summed E-state index contributed by atoms with van der Waals surface area (Å²) in [6, 6.07) is 10.3. The Morgan fingerprint density at radius 3 is 2.11 bits per heavy atom. The Kier molecular flexibility index (Phi) is 7.69. The van der Waals surface area contributed by atoms with E-state index in [9.17, 15) is 9.59 Å². The molecule has 0 spiro atoms. The van der Waals surface area contributed by atoms with Gasteiger partial charge in [-0.25, -0.2) is 4.79 Å². The van der Waals surface area contributed by atoms with E-state index in [0.29, 0.717) is 33.8 Å². The molecule has 0 saturated heterocycles. The number of nitrogens with one attached hydrogen (secondary N) is 3. The van der Waals surface area contributed by atoms with Crippen LogP contribution >= 0.6 is 15.9 Å². The number of halogens is 1. The number of carbonyl (C=O) groups excluding carboxylic acids is 2. The number of urea groups is 1. The molecule has 0 fully saturated rings. The first-order valence-electron chi connectivity index (χ1n) is 8.70. The molecule has 0 atom stereocenters. The topological polar surface area (TPSA) is 88.7 Å². The molecule has 8 heteroatoms. The molecule has 2 rings (SSSR count). The maximum Gasteiger partial charge on any atom is 0.319 e. The lowest BCUT2D eigenvalue weighted by Gasteiger charge is -2.12. The first kappa shape index (κ1) is 21.6. The third-order valence-corrected chi connectivity index (χ3v) is 4.57. The maximum atomic E-state index is 12.5. The molecule has 0 unspecified atom stereocenters. The number of hydrogen-bond donors (Lipinski definition) is 3. The maximum absolute atomic E-state index is 12.5. The smallest absolute Gasteiger partial charge is 0.319 e. The number of rotatable bonds is 7. The monoisotopic (exact) mass is 449 g/mol. The quantitative estimate of drug-likeness (QED) is 0.597. The van der Waals surface area contributed by atoms with E-state index in [-0.39, 0.29) is 18.0 Å². The molecule has 0 bridgehead atoms. The van der Waals surface area contributed by atoms with Crippen LogP contribution in [0.25, 0.3) is 0 Å². The zero-order valence-electron chi connectivity index (χ0n) is 16.3. The molecule has 0 radical (unpaired) electrons. The Labute approximate surface area is 172 Å². The van der Waals surface area contributed by atoms with Crippen LogP contribution in [-0.4, -0.2) is 32.2 Å². The zero-order valence-corrected chi connectivity index (χ0v) is 17.8. The van der Waals surface area contributed by atoms with Crippen LogP contribution in [0.4, 0.5) is 10.5 Å². The van der Waals surface area contributed by atoms with E-state index < -0.39 is 0 Å². The van der Waals surface area contributed by atoms with Crippen molar-refractivity contribution in [3.05, 3.63) is 52.0 Å². The third kappa shape index (κ3) is 5.88. The van der Waals surface area contributed by atoms with Crippen LogP contribution in [0.3, 0.4) is 0 Å². The SMILES string of the molecule is COc1cc(C(=O)NCc2ccc(NC(=O)NC(C)C)cc2)cc(OC)c1Br. The first-order valence-corrected chi connectivity index (χ1v) is 9.49. The normalized spacial score (nSPS) is 10.4. The molecule has 150 valence electrons. The molecular weight excluding hydrogens is 426 g/mol. The lowest BCUT2D eigenvalue weighted by atomic mass is 10.1. The molecule has 2 aromatic carbocycles. The van der Waals surface area contributed by atoms with E-state index in [1.807, 2.05) is 26.0 Å². The van der Waals surface area contributed by atoms with Gasteiger partial charge in [-0.3, -0.25) is 4.79 Å². The van der Waals surface area contributed by atoms with Gasteiger partial charge < -0.3 is 25.4 Å². The summed E-state index contributed by atoms with van der Waals surface area (Å²) >= 11 is 3.38. The summed E-state index contributed by atoms with van der Waals surface area (Å²) in [5.74, 6) is 0.779. The van der Waals surface area contributed by atoms with Crippen molar-refractivity contribution in [3.8, 4) is 11.5 Å². The highest BCUT2D eigenvalue weighted by Gasteiger charge is 2.14. The summed E-state index contributed by atoms with van der Waals surface area (Å²) < 4.78 is 11.2. The second kappa shape index (κ2) is 9.98. The van der Waals surface area contributed by atoms with Crippen molar-refractivity contribution in [2.75, 3.05) is 19.5 Å². The van der Waals surface area contributed by atoms with E-state index in [1.165, 1.54) is 14.2 Å². The average Bonchev–Trinajstić information content (AvgIpc) is 2.66. The van der Waals surface area contributed by atoms with Crippen LogP contribution < -0.4 is 25.4 Å². The zero-order chi connectivity index (χ0) is 20.7. The van der Waals surface area contributed by atoms with Crippen LogP contribution in [0, 0.1) is 0 Å². The number of ether oxygens (including phenoxy) is 2. The lowest BCUT2D eigenvalue weighted by Crippen LogP contribution is -2.34. The summed E-state index contributed by atoms with van der Waals surface area (Å²) in [6.45, 7) is 4.13. The van der Waals surface area contributed by atoms with Crippen molar-refractivity contribution in [3.63, 3.8) is 0 Å². The molecule has 28 heavy (non-hydrogen) atoms. The Balaban J connectivity index is 1.98. The summed E-state index contributed by atoms with van der Waals surface area (Å²) in [7, 11) is 3.05. The van der Waals surface area contributed by atoms with Crippen molar-refractivity contribution in [1.82, 2.24) is 10.6 Å². The first-order chi connectivity index (χ1) is 13.3. The van der Waals surface area contributed by atoms with E-state index in [1.54, 1.807) is 24.3 Å². The van der Waals surface area contributed by atoms with Gasteiger partial charge in [0.05, 0.1) is 14.2 Å².